The number of nitrogens with one attached hydrogen (secondary N) is 2. The highest BCUT2D eigenvalue weighted by Crippen LogP contribution is 2.25. The maximum Gasteiger partial charge on any atom is 0.321 e. The summed E-state index contributed by atoms with van der Waals surface area (Å²) in [5.41, 5.74) is 5.28. The third kappa shape index (κ3) is 4.95. The highest BCUT2D eigenvalue weighted by atomic mass is 16.5. The Bertz CT molecular complexity index is 812. The second-order valence-corrected chi connectivity index (χ2v) is 7.41. The van der Waals surface area contributed by atoms with E-state index < -0.39 is 0 Å². The summed E-state index contributed by atoms with van der Waals surface area (Å²) in [6, 6.07) is 11.8. The standard InChI is InChI=1S/C22H30N4O2/c1-16-5-6-17(2)21(18(16)3)28-15-23-22(27)24-19-7-9-20(10-8-19)26-13-11-25(4)12-14-26/h5-10H,11-15H2,1-4H3,(H2,23,24,27). The van der Waals surface area contributed by atoms with Gasteiger partial charge in [0.2, 0.25) is 0 Å². The average Bonchev–Trinajstić information content (AvgIpc) is 2.69. The molecular formula is C22H30N4O2. The SMILES string of the molecule is Cc1ccc(C)c(OCNC(=O)Nc2ccc(N3CCN(C)CC3)cc2)c1C. The molecule has 0 aromatic heterocycles. The first kappa shape index (κ1) is 20.0. The number of hydrogen-bond acceptors (Lipinski definition) is 4. The number of rotatable bonds is 5. The van der Waals surface area contributed by atoms with Crippen LogP contribution in [0.4, 0.5) is 16.2 Å². The van der Waals surface area contributed by atoms with Crippen molar-refractivity contribution in [2.24, 2.45) is 0 Å². The van der Waals surface area contributed by atoms with E-state index in [2.05, 4.69) is 45.7 Å². The number of benzene rings is 2. The van der Waals surface area contributed by atoms with Gasteiger partial charge in [-0.1, -0.05) is 12.1 Å². The first-order valence-corrected chi connectivity index (χ1v) is 9.72. The zero-order chi connectivity index (χ0) is 20.1. The van der Waals surface area contributed by atoms with Crippen LogP contribution >= 0.6 is 0 Å². The highest BCUT2D eigenvalue weighted by Gasteiger charge is 2.14. The van der Waals surface area contributed by atoms with Crippen LogP contribution < -0.4 is 20.3 Å². The monoisotopic (exact) mass is 382 g/mol. The minimum atomic E-state index is -0.282. The molecule has 1 aliphatic heterocycles. The van der Waals surface area contributed by atoms with Crippen molar-refractivity contribution in [3.63, 3.8) is 0 Å². The van der Waals surface area contributed by atoms with Gasteiger partial charge in [-0.15, -0.1) is 0 Å². The van der Waals surface area contributed by atoms with Crippen molar-refractivity contribution in [3.8, 4) is 5.75 Å². The number of amides is 2. The summed E-state index contributed by atoms with van der Waals surface area (Å²) < 4.78 is 5.78. The van der Waals surface area contributed by atoms with Crippen molar-refractivity contribution in [3.05, 3.63) is 53.1 Å². The van der Waals surface area contributed by atoms with Crippen molar-refractivity contribution in [1.82, 2.24) is 10.2 Å². The fraction of sp³-hybridized carbons (Fsp3) is 0.409. The molecule has 1 fully saturated rings. The molecule has 150 valence electrons. The number of hydrogen-bond donors (Lipinski definition) is 2. The first-order valence-electron chi connectivity index (χ1n) is 9.72. The van der Waals surface area contributed by atoms with Gasteiger partial charge >= 0.3 is 6.03 Å². The molecule has 0 atom stereocenters. The molecule has 2 aromatic rings. The summed E-state index contributed by atoms with van der Waals surface area (Å²) >= 11 is 0. The Kier molecular flexibility index (Phi) is 6.41. The summed E-state index contributed by atoms with van der Waals surface area (Å²) in [5.74, 6) is 0.830. The zero-order valence-electron chi connectivity index (χ0n) is 17.2. The minimum Gasteiger partial charge on any atom is -0.473 e. The Morgan fingerprint density at radius 2 is 1.61 bits per heavy atom. The number of ether oxygens (including phenoxy) is 1. The molecule has 1 saturated heterocycles. The van der Waals surface area contributed by atoms with E-state index in [1.54, 1.807) is 0 Å². The molecule has 2 aromatic carbocycles. The summed E-state index contributed by atoms with van der Waals surface area (Å²) in [6.45, 7) is 10.4. The van der Waals surface area contributed by atoms with Crippen LogP contribution in [0.25, 0.3) is 0 Å². The molecule has 1 heterocycles. The molecule has 2 N–H and O–H groups in total. The number of urea groups is 1. The molecule has 0 spiro atoms. The fourth-order valence-corrected chi connectivity index (χ4v) is 3.32. The van der Waals surface area contributed by atoms with Crippen LogP contribution in [0.3, 0.4) is 0 Å². The lowest BCUT2D eigenvalue weighted by Gasteiger charge is -2.34. The lowest BCUT2D eigenvalue weighted by molar-refractivity contribution is 0.234. The molecule has 1 aliphatic rings. The van der Waals surface area contributed by atoms with Gasteiger partial charge in [-0.25, -0.2) is 4.79 Å². The highest BCUT2D eigenvalue weighted by molar-refractivity contribution is 5.89. The van der Waals surface area contributed by atoms with Gasteiger partial charge in [0.15, 0.2) is 6.73 Å². The molecule has 0 bridgehead atoms. The summed E-state index contributed by atoms with van der Waals surface area (Å²) in [6.07, 6.45) is 0. The largest absolute Gasteiger partial charge is 0.473 e. The summed E-state index contributed by atoms with van der Waals surface area (Å²) in [7, 11) is 2.15. The molecular weight excluding hydrogens is 352 g/mol. The van der Waals surface area contributed by atoms with Crippen LogP contribution in [0.15, 0.2) is 36.4 Å². The normalized spacial score (nSPS) is 14.6. The van der Waals surface area contributed by atoms with Gasteiger partial charge in [-0.2, -0.15) is 0 Å². The summed E-state index contributed by atoms with van der Waals surface area (Å²) in [5, 5.41) is 5.60. The number of likely N-dealkylation sites (N-methyl/N-ethyl adjacent to an activating group) is 1. The number of carbonyl (C=O) groups is 1. The van der Waals surface area contributed by atoms with E-state index in [4.69, 9.17) is 4.74 Å². The van der Waals surface area contributed by atoms with Crippen molar-refractivity contribution >= 4 is 17.4 Å². The van der Waals surface area contributed by atoms with E-state index in [-0.39, 0.29) is 12.8 Å². The lowest BCUT2D eigenvalue weighted by Crippen LogP contribution is -2.44. The Balaban J connectivity index is 1.48. The third-order valence-corrected chi connectivity index (χ3v) is 5.32. The van der Waals surface area contributed by atoms with Crippen LogP contribution in [0.5, 0.6) is 5.75 Å². The van der Waals surface area contributed by atoms with Gasteiger partial charge in [0.25, 0.3) is 0 Å². The summed E-state index contributed by atoms with van der Waals surface area (Å²) in [4.78, 5) is 16.8. The number of carbonyl (C=O) groups excluding carboxylic acids is 1. The second-order valence-electron chi connectivity index (χ2n) is 7.41. The predicted molar refractivity (Wildman–Crippen MR) is 114 cm³/mol. The Labute approximate surface area is 167 Å². The van der Waals surface area contributed by atoms with Crippen molar-refractivity contribution < 1.29 is 9.53 Å². The van der Waals surface area contributed by atoms with E-state index in [1.165, 1.54) is 11.3 Å². The Morgan fingerprint density at radius 1 is 0.964 bits per heavy atom. The number of aryl methyl sites for hydroxylation is 2. The number of nitrogens with zero attached hydrogens (tertiary/aromatic N) is 2. The molecule has 28 heavy (non-hydrogen) atoms. The minimum absolute atomic E-state index is 0.121. The predicted octanol–water partition coefficient (Wildman–Crippen LogP) is 3.52. The van der Waals surface area contributed by atoms with Crippen molar-refractivity contribution in [2.75, 3.05) is 50.2 Å². The molecule has 0 unspecified atom stereocenters. The lowest BCUT2D eigenvalue weighted by atomic mass is 10.1. The molecule has 0 saturated carbocycles. The zero-order valence-corrected chi connectivity index (χ0v) is 17.2. The van der Waals surface area contributed by atoms with E-state index in [0.29, 0.717) is 0 Å². The molecule has 0 radical (unpaired) electrons. The van der Waals surface area contributed by atoms with Crippen LogP contribution in [0.1, 0.15) is 16.7 Å². The first-order chi connectivity index (χ1) is 13.4. The fourth-order valence-electron chi connectivity index (χ4n) is 3.32. The molecule has 6 heteroatoms. The van der Waals surface area contributed by atoms with E-state index in [1.807, 2.05) is 39.0 Å². The van der Waals surface area contributed by atoms with E-state index in [9.17, 15) is 4.79 Å². The molecule has 0 aliphatic carbocycles. The van der Waals surface area contributed by atoms with Crippen molar-refractivity contribution in [1.29, 1.82) is 0 Å². The van der Waals surface area contributed by atoms with Gasteiger partial charge in [0, 0.05) is 37.6 Å². The quantitative estimate of drug-likeness (QED) is 0.777. The van der Waals surface area contributed by atoms with Gasteiger partial charge in [-0.05, 0) is 68.8 Å². The smallest absolute Gasteiger partial charge is 0.321 e. The molecule has 6 nitrogen and oxygen atoms in total. The van der Waals surface area contributed by atoms with Crippen LogP contribution in [0, 0.1) is 20.8 Å². The maximum atomic E-state index is 12.1. The molecule has 2 amide bonds. The average molecular weight is 383 g/mol. The Hall–Kier alpha value is -2.73. The van der Waals surface area contributed by atoms with E-state index in [0.717, 1.165) is 48.7 Å². The maximum absolute atomic E-state index is 12.1. The Morgan fingerprint density at radius 3 is 2.29 bits per heavy atom. The van der Waals surface area contributed by atoms with Crippen LogP contribution in [0.2, 0.25) is 0 Å². The van der Waals surface area contributed by atoms with Gasteiger partial charge in [-0.3, -0.25) is 0 Å². The van der Waals surface area contributed by atoms with Gasteiger partial charge in [0.05, 0.1) is 0 Å². The second kappa shape index (κ2) is 8.97. The van der Waals surface area contributed by atoms with Gasteiger partial charge in [0.1, 0.15) is 5.75 Å². The van der Waals surface area contributed by atoms with Crippen LogP contribution in [-0.2, 0) is 0 Å². The number of anilines is 2. The number of piperazine rings is 1. The van der Waals surface area contributed by atoms with E-state index >= 15 is 0 Å². The van der Waals surface area contributed by atoms with Crippen LogP contribution in [-0.4, -0.2) is 50.9 Å². The molecule has 3 rings (SSSR count). The van der Waals surface area contributed by atoms with Crippen molar-refractivity contribution in [2.45, 2.75) is 20.8 Å². The third-order valence-electron chi connectivity index (χ3n) is 5.32. The van der Waals surface area contributed by atoms with Gasteiger partial charge < -0.3 is 25.2 Å². The topological polar surface area (TPSA) is 56.8 Å².